The van der Waals surface area contributed by atoms with Gasteiger partial charge >= 0.3 is 5.97 Å². The molecule has 0 spiro atoms. The summed E-state index contributed by atoms with van der Waals surface area (Å²) >= 11 is 0. The quantitative estimate of drug-likeness (QED) is 0.689. The van der Waals surface area contributed by atoms with Crippen LogP contribution in [0.5, 0.6) is 5.75 Å². The third-order valence-electron chi connectivity index (χ3n) is 4.28. The molecule has 0 saturated carbocycles. The average molecular weight is 369 g/mol. The van der Waals surface area contributed by atoms with E-state index in [4.69, 9.17) is 9.47 Å². The highest BCUT2D eigenvalue weighted by Crippen LogP contribution is 2.12. The first-order valence-electron chi connectivity index (χ1n) is 9.14. The van der Waals surface area contributed by atoms with E-state index >= 15 is 0 Å². The average Bonchev–Trinajstić information content (AvgIpc) is 2.67. The Labute approximate surface area is 160 Å². The van der Waals surface area contributed by atoms with Gasteiger partial charge < -0.3 is 14.8 Å². The van der Waals surface area contributed by atoms with Crippen LogP contribution in [0.25, 0.3) is 0 Å². The number of ether oxygens (including phenoxy) is 2. The van der Waals surface area contributed by atoms with Crippen molar-refractivity contribution in [1.29, 1.82) is 0 Å². The highest BCUT2D eigenvalue weighted by molar-refractivity contribution is 5.84. The van der Waals surface area contributed by atoms with Gasteiger partial charge in [-0.1, -0.05) is 42.5 Å². The van der Waals surface area contributed by atoms with Gasteiger partial charge in [-0.05, 0) is 49.9 Å². The minimum atomic E-state index is -0.824. The van der Waals surface area contributed by atoms with Gasteiger partial charge in [-0.2, -0.15) is 0 Å². The fraction of sp³-hybridized carbons (Fsp3) is 0.364. The number of methoxy groups -OCH3 is 1. The second kappa shape index (κ2) is 10.4. The number of nitrogens with one attached hydrogen (secondary N) is 1. The number of amides is 1. The molecule has 2 rings (SSSR count). The number of aryl methyl sites for hydroxylation is 1. The van der Waals surface area contributed by atoms with Crippen molar-refractivity contribution in [2.75, 3.05) is 7.11 Å². The van der Waals surface area contributed by atoms with Gasteiger partial charge in [-0.15, -0.1) is 0 Å². The summed E-state index contributed by atoms with van der Waals surface area (Å²) in [5.74, 6) is 0.0164. The van der Waals surface area contributed by atoms with Crippen LogP contribution in [0.3, 0.4) is 0 Å². The van der Waals surface area contributed by atoms with Crippen LogP contribution in [0.4, 0.5) is 0 Å². The monoisotopic (exact) mass is 369 g/mol. The first-order chi connectivity index (χ1) is 13.0. The molecule has 144 valence electrons. The van der Waals surface area contributed by atoms with Gasteiger partial charge in [-0.3, -0.25) is 9.59 Å². The molecule has 2 atom stereocenters. The summed E-state index contributed by atoms with van der Waals surface area (Å²) in [6, 6.07) is 17.3. The molecule has 0 unspecified atom stereocenters. The Hall–Kier alpha value is -2.82. The number of esters is 1. The standard InChI is InChI=1S/C22H27NO4/c1-16(9-10-18-7-5-4-6-8-18)23-22(25)17(2)27-21(24)15-19-11-13-20(26-3)14-12-19/h4-8,11-14,16-17H,9-10,15H2,1-3H3,(H,23,25)/t16-,17-/m1/s1. The van der Waals surface area contributed by atoms with Crippen molar-refractivity contribution >= 4 is 11.9 Å². The summed E-state index contributed by atoms with van der Waals surface area (Å²) in [4.78, 5) is 24.3. The fourth-order valence-corrected chi connectivity index (χ4v) is 2.66. The molecular weight excluding hydrogens is 342 g/mol. The van der Waals surface area contributed by atoms with E-state index < -0.39 is 12.1 Å². The van der Waals surface area contributed by atoms with E-state index in [0.29, 0.717) is 0 Å². The summed E-state index contributed by atoms with van der Waals surface area (Å²) in [6.07, 6.45) is 0.997. The molecule has 5 nitrogen and oxygen atoms in total. The van der Waals surface area contributed by atoms with E-state index in [9.17, 15) is 9.59 Å². The second-order valence-electron chi connectivity index (χ2n) is 6.59. The molecule has 27 heavy (non-hydrogen) atoms. The largest absolute Gasteiger partial charge is 0.497 e. The lowest BCUT2D eigenvalue weighted by molar-refractivity contribution is -0.154. The molecule has 1 N–H and O–H groups in total. The lowest BCUT2D eigenvalue weighted by Crippen LogP contribution is -2.41. The zero-order chi connectivity index (χ0) is 19.6. The van der Waals surface area contributed by atoms with Crippen LogP contribution in [-0.4, -0.2) is 31.1 Å². The zero-order valence-electron chi connectivity index (χ0n) is 16.1. The number of rotatable bonds is 9. The molecule has 0 aliphatic heterocycles. The topological polar surface area (TPSA) is 64.6 Å². The van der Waals surface area contributed by atoms with Crippen molar-refractivity contribution in [2.24, 2.45) is 0 Å². The molecule has 0 bridgehead atoms. The lowest BCUT2D eigenvalue weighted by Gasteiger charge is -2.18. The minimum absolute atomic E-state index is 0.000413. The highest BCUT2D eigenvalue weighted by atomic mass is 16.5. The van der Waals surface area contributed by atoms with E-state index in [-0.39, 0.29) is 18.4 Å². The molecule has 0 aliphatic carbocycles. The molecule has 0 radical (unpaired) electrons. The lowest BCUT2D eigenvalue weighted by atomic mass is 10.1. The molecule has 0 aliphatic rings. The predicted octanol–water partition coefficient (Wildman–Crippen LogP) is 3.31. The Morgan fingerprint density at radius 3 is 2.26 bits per heavy atom. The zero-order valence-corrected chi connectivity index (χ0v) is 16.1. The van der Waals surface area contributed by atoms with Crippen molar-refractivity contribution in [3.63, 3.8) is 0 Å². The summed E-state index contributed by atoms with van der Waals surface area (Å²) in [6.45, 7) is 3.54. The van der Waals surface area contributed by atoms with Crippen LogP contribution in [-0.2, 0) is 27.2 Å². The van der Waals surface area contributed by atoms with E-state index in [2.05, 4.69) is 17.4 Å². The Morgan fingerprint density at radius 1 is 0.963 bits per heavy atom. The Balaban J connectivity index is 1.74. The van der Waals surface area contributed by atoms with Crippen LogP contribution in [0.2, 0.25) is 0 Å². The Kier molecular flexibility index (Phi) is 7.86. The number of carbonyl (C=O) groups is 2. The molecule has 2 aromatic rings. The van der Waals surface area contributed by atoms with Crippen LogP contribution in [0, 0.1) is 0 Å². The van der Waals surface area contributed by atoms with Gasteiger partial charge in [0.05, 0.1) is 13.5 Å². The normalized spacial score (nSPS) is 12.7. The van der Waals surface area contributed by atoms with Crippen molar-refractivity contribution in [1.82, 2.24) is 5.32 Å². The van der Waals surface area contributed by atoms with Crippen molar-refractivity contribution in [2.45, 2.75) is 45.3 Å². The van der Waals surface area contributed by atoms with Crippen molar-refractivity contribution in [3.8, 4) is 5.75 Å². The van der Waals surface area contributed by atoms with Gasteiger partial charge in [0.15, 0.2) is 6.10 Å². The van der Waals surface area contributed by atoms with E-state index in [1.54, 1.807) is 38.3 Å². The van der Waals surface area contributed by atoms with Gasteiger partial charge in [0.25, 0.3) is 5.91 Å². The van der Waals surface area contributed by atoms with Gasteiger partial charge in [0, 0.05) is 6.04 Å². The maximum absolute atomic E-state index is 12.2. The van der Waals surface area contributed by atoms with E-state index in [0.717, 1.165) is 24.2 Å². The second-order valence-corrected chi connectivity index (χ2v) is 6.59. The molecular formula is C22H27NO4. The van der Waals surface area contributed by atoms with Gasteiger partial charge in [0.1, 0.15) is 5.75 Å². The van der Waals surface area contributed by atoms with Crippen molar-refractivity contribution < 1.29 is 19.1 Å². The SMILES string of the molecule is COc1ccc(CC(=O)O[C@H](C)C(=O)N[C@H](C)CCc2ccccc2)cc1. The van der Waals surface area contributed by atoms with Crippen LogP contribution in [0.1, 0.15) is 31.4 Å². The van der Waals surface area contributed by atoms with E-state index in [1.807, 2.05) is 25.1 Å². The summed E-state index contributed by atoms with van der Waals surface area (Å²) in [5.41, 5.74) is 2.04. The molecule has 0 fully saturated rings. The molecule has 0 heterocycles. The number of carbonyl (C=O) groups excluding carboxylic acids is 2. The number of hydrogen-bond acceptors (Lipinski definition) is 4. The number of benzene rings is 2. The Bertz CT molecular complexity index is 728. The minimum Gasteiger partial charge on any atom is -0.497 e. The maximum Gasteiger partial charge on any atom is 0.311 e. The summed E-state index contributed by atoms with van der Waals surface area (Å²) in [7, 11) is 1.59. The first-order valence-corrected chi connectivity index (χ1v) is 9.14. The van der Waals surface area contributed by atoms with Crippen LogP contribution in [0.15, 0.2) is 54.6 Å². The molecule has 5 heteroatoms. The number of hydrogen-bond donors (Lipinski definition) is 1. The highest BCUT2D eigenvalue weighted by Gasteiger charge is 2.19. The summed E-state index contributed by atoms with van der Waals surface area (Å²) in [5, 5.41) is 2.90. The van der Waals surface area contributed by atoms with Gasteiger partial charge in [0.2, 0.25) is 0 Å². The van der Waals surface area contributed by atoms with Crippen LogP contribution < -0.4 is 10.1 Å². The first kappa shape index (κ1) is 20.5. The maximum atomic E-state index is 12.2. The van der Waals surface area contributed by atoms with Crippen molar-refractivity contribution in [3.05, 3.63) is 65.7 Å². The van der Waals surface area contributed by atoms with Gasteiger partial charge in [-0.25, -0.2) is 0 Å². The molecule has 0 aromatic heterocycles. The smallest absolute Gasteiger partial charge is 0.311 e. The predicted molar refractivity (Wildman–Crippen MR) is 105 cm³/mol. The third kappa shape index (κ3) is 7.13. The Morgan fingerprint density at radius 2 is 1.63 bits per heavy atom. The fourth-order valence-electron chi connectivity index (χ4n) is 2.66. The molecule has 1 amide bonds. The summed E-state index contributed by atoms with van der Waals surface area (Å²) < 4.78 is 10.3. The molecule has 0 saturated heterocycles. The molecule has 2 aromatic carbocycles. The third-order valence-corrected chi connectivity index (χ3v) is 4.28. The van der Waals surface area contributed by atoms with Crippen LogP contribution >= 0.6 is 0 Å². The van der Waals surface area contributed by atoms with E-state index in [1.165, 1.54) is 5.56 Å².